The van der Waals surface area contributed by atoms with E-state index in [1.54, 1.807) is 4.31 Å². The monoisotopic (exact) mass is 290 g/mol. The van der Waals surface area contributed by atoms with Crippen LogP contribution >= 0.6 is 0 Å². The summed E-state index contributed by atoms with van der Waals surface area (Å²) < 4.78 is 24.9. The van der Waals surface area contributed by atoms with Gasteiger partial charge in [0.05, 0.1) is 6.26 Å². The first-order valence-corrected chi connectivity index (χ1v) is 9.38. The summed E-state index contributed by atoms with van der Waals surface area (Å²) in [4.78, 5) is 0. The van der Waals surface area contributed by atoms with Crippen molar-refractivity contribution >= 4 is 10.0 Å². The number of hydrogen-bond donors (Lipinski definition) is 1. The van der Waals surface area contributed by atoms with Gasteiger partial charge in [0.25, 0.3) is 0 Å². The molecule has 1 N–H and O–H groups in total. The van der Waals surface area contributed by atoms with Crippen LogP contribution in [0.15, 0.2) is 0 Å². The predicted molar refractivity (Wildman–Crippen MR) is 80.7 cm³/mol. The number of nitrogens with one attached hydrogen (secondary N) is 1. The Morgan fingerprint density at radius 2 is 2.05 bits per heavy atom. The number of sulfonamides is 1. The van der Waals surface area contributed by atoms with E-state index in [0.29, 0.717) is 31.0 Å². The molecule has 5 heteroatoms. The Bertz CT molecular complexity index is 354. The second-order valence-corrected chi connectivity index (χ2v) is 8.15. The molecule has 0 aromatic rings. The lowest BCUT2D eigenvalue weighted by Gasteiger charge is -2.34. The topological polar surface area (TPSA) is 49.4 Å². The lowest BCUT2D eigenvalue weighted by molar-refractivity contribution is 0.221. The Morgan fingerprint density at radius 1 is 1.37 bits per heavy atom. The van der Waals surface area contributed by atoms with Gasteiger partial charge in [-0.15, -0.1) is 0 Å². The molecule has 1 aliphatic rings. The van der Waals surface area contributed by atoms with Gasteiger partial charge < -0.3 is 5.32 Å². The van der Waals surface area contributed by atoms with Crippen LogP contribution in [0.5, 0.6) is 0 Å². The van der Waals surface area contributed by atoms with Crippen molar-refractivity contribution in [1.29, 1.82) is 0 Å². The molecule has 0 aromatic heterocycles. The Morgan fingerprint density at radius 3 is 2.58 bits per heavy atom. The molecule has 0 amide bonds. The molecule has 1 rings (SSSR count). The summed E-state index contributed by atoms with van der Waals surface area (Å²) in [5.41, 5.74) is 0. The molecule has 114 valence electrons. The van der Waals surface area contributed by atoms with Crippen molar-refractivity contribution in [3.8, 4) is 0 Å². The van der Waals surface area contributed by atoms with Gasteiger partial charge in [0.1, 0.15) is 0 Å². The van der Waals surface area contributed by atoms with E-state index in [1.807, 2.05) is 0 Å². The number of rotatable bonds is 7. The van der Waals surface area contributed by atoms with E-state index >= 15 is 0 Å². The minimum atomic E-state index is -3.02. The Kier molecular flexibility index (Phi) is 6.77. The highest BCUT2D eigenvalue weighted by atomic mass is 32.2. The van der Waals surface area contributed by atoms with Crippen LogP contribution in [-0.4, -0.2) is 44.7 Å². The highest BCUT2D eigenvalue weighted by Crippen LogP contribution is 2.24. The highest BCUT2D eigenvalue weighted by molar-refractivity contribution is 7.88. The summed E-state index contributed by atoms with van der Waals surface area (Å²) in [5, 5.41) is 3.60. The van der Waals surface area contributed by atoms with E-state index in [0.717, 1.165) is 32.2 Å². The van der Waals surface area contributed by atoms with Crippen molar-refractivity contribution in [2.24, 2.45) is 11.8 Å². The molecular formula is C14H30N2O2S. The first kappa shape index (κ1) is 16.9. The number of piperidine rings is 1. The smallest absolute Gasteiger partial charge is 0.211 e. The SMILES string of the molecule is CCCNC(CC1CCCN(S(C)(=O)=O)C1)C(C)C. The molecule has 1 heterocycles. The third-order valence-corrected chi connectivity index (χ3v) is 5.27. The van der Waals surface area contributed by atoms with Gasteiger partial charge >= 0.3 is 0 Å². The molecule has 0 bridgehead atoms. The summed E-state index contributed by atoms with van der Waals surface area (Å²) in [6, 6.07) is 0.504. The van der Waals surface area contributed by atoms with Gasteiger partial charge in [0.15, 0.2) is 0 Å². The fourth-order valence-electron chi connectivity index (χ4n) is 2.80. The molecule has 2 unspecified atom stereocenters. The summed E-state index contributed by atoms with van der Waals surface area (Å²) in [7, 11) is -3.02. The van der Waals surface area contributed by atoms with Crippen LogP contribution < -0.4 is 5.32 Å². The van der Waals surface area contributed by atoms with Gasteiger partial charge in [-0.25, -0.2) is 12.7 Å². The quantitative estimate of drug-likeness (QED) is 0.781. The zero-order valence-corrected chi connectivity index (χ0v) is 13.7. The summed E-state index contributed by atoms with van der Waals surface area (Å²) in [6.45, 7) is 9.11. The second kappa shape index (κ2) is 7.60. The van der Waals surface area contributed by atoms with E-state index in [1.165, 1.54) is 6.26 Å². The number of hydrogen-bond acceptors (Lipinski definition) is 3. The van der Waals surface area contributed by atoms with Crippen molar-refractivity contribution < 1.29 is 8.42 Å². The lowest BCUT2D eigenvalue weighted by Crippen LogP contribution is -2.43. The van der Waals surface area contributed by atoms with E-state index < -0.39 is 10.0 Å². The molecule has 19 heavy (non-hydrogen) atoms. The normalized spacial score (nSPS) is 23.7. The van der Waals surface area contributed by atoms with Crippen molar-refractivity contribution in [3.05, 3.63) is 0 Å². The fraction of sp³-hybridized carbons (Fsp3) is 1.00. The molecular weight excluding hydrogens is 260 g/mol. The van der Waals surface area contributed by atoms with E-state index in [9.17, 15) is 8.42 Å². The van der Waals surface area contributed by atoms with Gasteiger partial charge in [-0.1, -0.05) is 20.8 Å². The van der Waals surface area contributed by atoms with Crippen molar-refractivity contribution in [2.45, 2.75) is 52.5 Å². The highest BCUT2D eigenvalue weighted by Gasteiger charge is 2.28. The average Bonchev–Trinajstić information content (AvgIpc) is 2.33. The molecule has 0 saturated carbocycles. The van der Waals surface area contributed by atoms with Crippen LogP contribution in [0, 0.1) is 11.8 Å². The predicted octanol–water partition coefficient (Wildman–Crippen LogP) is 2.07. The first-order chi connectivity index (χ1) is 8.84. The Labute approximate surface area is 119 Å². The zero-order valence-electron chi connectivity index (χ0n) is 12.9. The third-order valence-electron chi connectivity index (χ3n) is 4.00. The van der Waals surface area contributed by atoms with E-state index in [2.05, 4.69) is 26.1 Å². The van der Waals surface area contributed by atoms with Crippen LogP contribution in [-0.2, 0) is 10.0 Å². The van der Waals surface area contributed by atoms with Gasteiger partial charge in [-0.3, -0.25) is 0 Å². The minimum Gasteiger partial charge on any atom is -0.314 e. The standard InChI is InChI=1S/C14H30N2O2S/c1-5-8-15-14(12(2)3)10-13-7-6-9-16(11-13)19(4,17)18/h12-15H,5-11H2,1-4H3. The number of nitrogens with zero attached hydrogens (tertiary/aromatic N) is 1. The van der Waals surface area contributed by atoms with Crippen LogP contribution in [0.4, 0.5) is 0 Å². The maximum atomic E-state index is 11.6. The maximum absolute atomic E-state index is 11.6. The molecule has 0 spiro atoms. The molecule has 2 atom stereocenters. The van der Waals surface area contributed by atoms with Crippen LogP contribution in [0.2, 0.25) is 0 Å². The van der Waals surface area contributed by atoms with E-state index in [4.69, 9.17) is 0 Å². The second-order valence-electron chi connectivity index (χ2n) is 6.17. The molecule has 1 fully saturated rings. The van der Waals surface area contributed by atoms with Crippen molar-refractivity contribution in [3.63, 3.8) is 0 Å². The molecule has 1 aliphatic heterocycles. The molecule has 1 saturated heterocycles. The van der Waals surface area contributed by atoms with Crippen molar-refractivity contribution in [2.75, 3.05) is 25.9 Å². The van der Waals surface area contributed by atoms with Crippen LogP contribution in [0.1, 0.15) is 46.5 Å². The first-order valence-electron chi connectivity index (χ1n) is 7.53. The van der Waals surface area contributed by atoms with Gasteiger partial charge in [0, 0.05) is 19.1 Å². The Hall–Kier alpha value is -0.130. The summed E-state index contributed by atoms with van der Waals surface area (Å²) in [5.74, 6) is 1.10. The van der Waals surface area contributed by atoms with Gasteiger partial charge in [0.2, 0.25) is 10.0 Å². The average molecular weight is 290 g/mol. The van der Waals surface area contributed by atoms with Gasteiger partial charge in [-0.2, -0.15) is 0 Å². The minimum absolute atomic E-state index is 0.500. The molecule has 0 aliphatic carbocycles. The molecule has 4 nitrogen and oxygen atoms in total. The fourth-order valence-corrected chi connectivity index (χ4v) is 3.74. The maximum Gasteiger partial charge on any atom is 0.211 e. The zero-order chi connectivity index (χ0) is 14.5. The summed E-state index contributed by atoms with van der Waals surface area (Å²) in [6.07, 6.45) is 5.71. The molecule has 0 aromatic carbocycles. The van der Waals surface area contributed by atoms with E-state index in [-0.39, 0.29) is 0 Å². The Balaban J connectivity index is 2.54. The van der Waals surface area contributed by atoms with Crippen LogP contribution in [0.3, 0.4) is 0 Å². The lowest BCUT2D eigenvalue weighted by atomic mass is 9.88. The van der Waals surface area contributed by atoms with Crippen molar-refractivity contribution in [1.82, 2.24) is 9.62 Å². The van der Waals surface area contributed by atoms with Crippen LogP contribution in [0.25, 0.3) is 0 Å². The largest absolute Gasteiger partial charge is 0.314 e. The molecule has 0 radical (unpaired) electrons. The summed E-state index contributed by atoms with van der Waals surface area (Å²) >= 11 is 0. The third kappa shape index (κ3) is 5.79. The van der Waals surface area contributed by atoms with Gasteiger partial charge in [-0.05, 0) is 44.1 Å².